The Morgan fingerprint density at radius 3 is 2.96 bits per heavy atom. The number of nitrogens with zero attached hydrogens (tertiary/aromatic N) is 2. The van der Waals surface area contributed by atoms with Gasteiger partial charge in [0.25, 0.3) is 0 Å². The molecular weight excluding hydrogens is 290 g/mol. The number of hydrogen-bond acceptors (Lipinski definition) is 3. The van der Waals surface area contributed by atoms with Crippen molar-refractivity contribution in [2.75, 3.05) is 11.9 Å². The van der Waals surface area contributed by atoms with Crippen LogP contribution in [-0.2, 0) is 12.8 Å². The van der Waals surface area contributed by atoms with Gasteiger partial charge in [-0.3, -0.25) is 0 Å². The van der Waals surface area contributed by atoms with Crippen molar-refractivity contribution in [2.24, 2.45) is 5.92 Å². The predicted molar refractivity (Wildman–Crippen MR) is 90.5 cm³/mol. The number of aromatic nitrogens is 2. The molecule has 0 spiro atoms. The third kappa shape index (κ3) is 3.23. The SMILES string of the molecule is CC(C)Cc1nn(-c2cccc(C(=O)O)c2)c2c1CCCCN2. The van der Waals surface area contributed by atoms with Gasteiger partial charge in [0.15, 0.2) is 0 Å². The maximum absolute atomic E-state index is 11.2. The molecule has 0 atom stereocenters. The third-order valence-corrected chi connectivity index (χ3v) is 4.15. The first-order valence-corrected chi connectivity index (χ1v) is 8.24. The molecule has 0 saturated heterocycles. The molecule has 1 aromatic heterocycles. The summed E-state index contributed by atoms with van der Waals surface area (Å²) in [6.45, 7) is 5.32. The number of aromatic carboxylic acids is 1. The van der Waals surface area contributed by atoms with Gasteiger partial charge in [-0.2, -0.15) is 5.10 Å². The van der Waals surface area contributed by atoms with Crippen LogP contribution in [0, 0.1) is 5.92 Å². The molecule has 5 nitrogen and oxygen atoms in total. The van der Waals surface area contributed by atoms with Crippen molar-refractivity contribution in [3.8, 4) is 5.69 Å². The molecule has 0 amide bonds. The predicted octanol–water partition coefficient (Wildman–Crippen LogP) is 3.52. The van der Waals surface area contributed by atoms with E-state index in [0.29, 0.717) is 5.92 Å². The van der Waals surface area contributed by atoms with Gasteiger partial charge in [0, 0.05) is 12.1 Å². The van der Waals surface area contributed by atoms with Gasteiger partial charge in [-0.25, -0.2) is 9.48 Å². The highest BCUT2D eigenvalue weighted by Crippen LogP contribution is 2.29. The number of benzene rings is 1. The second-order valence-electron chi connectivity index (χ2n) is 6.52. The van der Waals surface area contributed by atoms with E-state index in [0.717, 1.165) is 49.4 Å². The molecule has 23 heavy (non-hydrogen) atoms. The van der Waals surface area contributed by atoms with E-state index in [2.05, 4.69) is 19.2 Å². The molecule has 0 bridgehead atoms. The van der Waals surface area contributed by atoms with Crippen LogP contribution in [0.1, 0.15) is 48.3 Å². The van der Waals surface area contributed by atoms with Crippen LogP contribution in [0.25, 0.3) is 5.69 Å². The molecule has 0 aliphatic carbocycles. The highest BCUT2D eigenvalue weighted by molar-refractivity contribution is 5.88. The summed E-state index contributed by atoms with van der Waals surface area (Å²) in [5.74, 6) is 0.650. The second-order valence-corrected chi connectivity index (χ2v) is 6.52. The number of carbonyl (C=O) groups is 1. The topological polar surface area (TPSA) is 67.2 Å². The molecule has 0 radical (unpaired) electrons. The molecule has 2 aromatic rings. The van der Waals surface area contributed by atoms with Crippen molar-refractivity contribution < 1.29 is 9.90 Å². The zero-order chi connectivity index (χ0) is 16.4. The first kappa shape index (κ1) is 15.6. The quantitative estimate of drug-likeness (QED) is 0.906. The molecule has 1 aliphatic heterocycles. The third-order valence-electron chi connectivity index (χ3n) is 4.15. The summed E-state index contributed by atoms with van der Waals surface area (Å²) in [5.41, 5.74) is 3.50. The fourth-order valence-electron chi connectivity index (χ4n) is 3.08. The van der Waals surface area contributed by atoms with Crippen molar-refractivity contribution >= 4 is 11.8 Å². The van der Waals surface area contributed by atoms with Gasteiger partial charge in [-0.1, -0.05) is 19.9 Å². The summed E-state index contributed by atoms with van der Waals surface area (Å²) in [7, 11) is 0. The number of carboxylic acids is 1. The molecule has 1 aliphatic rings. The van der Waals surface area contributed by atoms with Crippen molar-refractivity contribution in [1.82, 2.24) is 9.78 Å². The van der Waals surface area contributed by atoms with Crippen molar-refractivity contribution in [3.63, 3.8) is 0 Å². The summed E-state index contributed by atoms with van der Waals surface area (Å²) in [5, 5.41) is 17.5. The van der Waals surface area contributed by atoms with E-state index in [-0.39, 0.29) is 5.56 Å². The number of fused-ring (bicyclic) bond motifs is 1. The second kappa shape index (κ2) is 6.44. The average Bonchev–Trinajstić information content (AvgIpc) is 2.71. The van der Waals surface area contributed by atoms with E-state index in [1.165, 1.54) is 5.56 Å². The van der Waals surface area contributed by atoms with E-state index in [1.807, 2.05) is 10.7 Å². The van der Waals surface area contributed by atoms with Gasteiger partial charge in [0.2, 0.25) is 0 Å². The lowest BCUT2D eigenvalue weighted by atomic mass is 10.0. The standard InChI is InChI=1S/C18H23N3O2/c1-12(2)10-16-15-8-3-4-9-19-17(15)21(20-16)14-7-5-6-13(11-14)18(22)23/h5-7,11-12,19H,3-4,8-10H2,1-2H3,(H,22,23). The van der Waals surface area contributed by atoms with Crippen LogP contribution < -0.4 is 5.32 Å². The lowest BCUT2D eigenvalue weighted by molar-refractivity contribution is 0.0697. The summed E-state index contributed by atoms with van der Waals surface area (Å²) >= 11 is 0. The number of nitrogens with one attached hydrogen (secondary N) is 1. The Hall–Kier alpha value is -2.30. The van der Waals surface area contributed by atoms with Crippen LogP contribution in [0.2, 0.25) is 0 Å². The van der Waals surface area contributed by atoms with Crippen LogP contribution >= 0.6 is 0 Å². The van der Waals surface area contributed by atoms with Gasteiger partial charge < -0.3 is 10.4 Å². The van der Waals surface area contributed by atoms with Crippen LogP contribution in [0.4, 0.5) is 5.82 Å². The minimum atomic E-state index is -0.916. The molecule has 1 aromatic carbocycles. The van der Waals surface area contributed by atoms with Crippen LogP contribution in [0.5, 0.6) is 0 Å². The van der Waals surface area contributed by atoms with Crippen molar-refractivity contribution in [1.29, 1.82) is 0 Å². The Kier molecular flexibility index (Phi) is 4.37. The van der Waals surface area contributed by atoms with E-state index in [4.69, 9.17) is 5.10 Å². The fourth-order valence-corrected chi connectivity index (χ4v) is 3.08. The Morgan fingerprint density at radius 2 is 2.22 bits per heavy atom. The average molecular weight is 313 g/mol. The minimum Gasteiger partial charge on any atom is -0.478 e. The fraction of sp³-hybridized carbons (Fsp3) is 0.444. The number of hydrogen-bond donors (Lipinski definition) is 2. The Labute approximate surface area is 136 Å². The number of carboxylic acid groups (broad SMARTS) is 1. The molecular formula is C18H23N3O2. The van der Waals surface area contributed by atoms with Crippen molar-refractivity contribution in [3.05, 3.63) is 41.1 Å². The maximum Gasteiger partial charge on any atom is 0.335 e. The lowest BCUT2D eigenvalue weighted by Gasteiger charge is -2.09. The van der Waals surface area contributed by atoms with E-state index < -0.39 is 5.97 Å². The van der Waals surface area contributed by atoms with Gasteiger partial charge in [0.05, 0.1) is 16.9 Å². The molecule has 0 fully saturated rings. The molecule has 122 valence electrons. The molecule has 3 rings (SSSR count). The van der Waals surface area contributed by atoms with Crippen LogP contribution in [0.15, 0.2) is 24.3 Å². The number of rotatable bonds is 4. The van der Waals surface area contributed by atoms with Gasteiger partial charge in [0.1, 0.15) is 5.82 Å². The Bertz CT molecular complexity index is 719. The summed E-state index contributed by atoms with van der Waals surface area (Å²) in [6.07, 6.45) is 4.27. The zero-order valence-corrected chi connectivity index (χ0v) is 13.7. The van der Waals surface area contributed by atoms with Crippen LogP contribution in [0.3, 0.4) is 0 Å². The highest BCUT2D eigenvalue weighted by atomic mass is 16.4. The zero-order valence-electron chi connectivity index (χ0n) is 13.7. The largest absolute Gasteiger partial charge is 0.478 e. The monoisotopic (exact) mass is 313 g/mol. The highest BCUT2D eigenvalue weighted by Gasteiger charge is 2.21. The van der Waals surface area contributed by atoms with E-state index in [1.54, 1.807) is 18.2 Å². The summed E-state index contributed by atoms with van der Waals surface area (Å²) in [4.78, 5) is 11.2. The molecule has 5 heteroatoms. The summed E-state index contributed by atoms with van der Waals surface area (Å²) in [6, 6.07) is 6.97. The minimum absolute atomic E-state index is 0.283. The smallest absolute Gasteiger partial charge is 0.335 e. The Morgan fingerprint density at radius 1 is 1.39 bits per heavy atom. The van der Waals surface area contributed by atoms with Gasteiger partial charge in [-0.05, 0) is 49.8 Å². The van der Waals surface area contributed by atoms with Gasteiger partial charge in [-0.15, -0.1) is 0 Å². The van der Waals surface area contributed by atoms with Gasteiger partial charge >= 0.3 is 5.97 Å². The normalized spacial score (nSPS) is 14.2. The first-order chi connectivity index (χ1) is 11.1. The van der Waals surface area contributed by atoms with E-state index >= 15 is 0 Å². The molecule has 2 N–H and O–H groups in total. The lowest BCUT2D eigenvalue weighted by Crippen LogP contribution is -2.08. The molecule has 0 unspecified atom stereocenters. The first-order valence-electron chi connectivity index (χ1n) is 8.24. The molecule has 0 saturated carbocycles. The maximum atomic E-state index is 11.2. The molecule has 2 heterocycles. The van der Waals surface area contributed by atoms with Crippen molar-refractivity contribution in [2.45, 2.75) is 39.5 Å². The van der Waals surface area contributed by atoms with Crippen LogP contribution in [-0.4, -0.2) is 27.4 Å². The van der Waals surface area contributed by atoms with E-state index in [9.17, 15) is 9.90 Å². The number of anilines is 1. The Balaban J connectivity index is 2.09. The summed E-state index contributed by atoms with van der Waals surface area (Å²) < 4.78 is 1.88.